The summed E-state index contributed by atoms with van der Waals surface area (Å²) in [4.78, 5) is 26.5. The summed E-state index contributed by atoms with van der Waals surface area (Å²) in [5.74, 6) is 0.287. The molecule has 5 heteroatoms. The van der Waals surface area contributed by atoms with Crippen LogP contribution in [0.3, 0.4) is 0 Å². The van der Waals surface area contributed by atoms with Crippen LogP contribution in [0, 0.1) is 23.6 Å². The molecule has 1 aliphatic carbocycles. The van der Waals surface area contributed by atoms with Crippen LogP contribution in [0.2, 0.25) is 0 Å². The molecule has 0 radical (unpaired) electrons. The molecule has 1 aromatic rings. The highest BCUT2D eigenvalue weighted by molar-refractivity contribution is 6.07. The van der Waals surface area contributed by atoms with E-state index in [1.54, 1.807) is 13.0 Å². The van der Waals surface area contributed by atoms with Crippen LogP contribution in [0.15, 0.2) is 18.2 Å². The van der Waals surface area contributed by atoms with Gasteiger partial charge >= 0.3 is 6.09 Å². The number of rotatable bonds is 2. The van der Waals surface area contributed by atoms with Gasteiger partial charge in [0.05, 0.1) is 6.04 Å². The summed E-state index contributed by atoms with van der Waals surface area (Å²) in [5.41, 5.74) is 0.919. The fraction of sp³-hybridized carbons (Fsp3) is 0.600. The summed E-state index contributed by atoms with van der Waals surface area (Å²) in [6.07, 6.45) is 2.22. The van der Waals surface area contributed by atoms with Crippen LogP contribution < -0.4 is 0 Å². The van der Waals surface area contributed by atoms with E-state index in [9.17, 15) is 14.0 Å². The first-order valence-electron chi connectivity index (χ1n) is 9.13. The quantitative estimate of drug-likeness (QED) is 0.761. The van der Waals surface area contributed by atoms with Crippen molar-refractivity contribution in [2.45, 2.75) is 59.1 Å². The van der Waals surface area contributed by atoms with Crippen molar-refractivity contribution < 1.29 is 18.7 Å². The number of benzene rings is 1. The van der Waals surface area contributed by atoms with Gasteiger partial charge in [-0.1, -0.05) is 33.3 Å². The molecule has 25 heavy (non-hydrogen) atoms. The van der Waals surface area contributed by atoms with Crippen LogP contribution in [-0.4, -0.2) is 23.0 Å². The van der Waals surface area contributed by atoms with Gasteiger partial charge in [-0.25, -0.2) is 14.1 Å². The molecule has 4 atom stereocenters. The average molecular weight is 347 g/mol. The van der Waals surface area contributed by atoms with Gasteiger partial charge in [0.25, 0.3) is 5.91 Å². The molecular weight excluding hydrogens is 321 g/mol. The Bertz CT molecular complexity index is 688. The lowest BCUT2D eigenvalue weighted by molar-refractivity contribution is -0.0107. The second kappa shape index (κ2) is 6.77. The molecular formula is C20H26FNO3. The van der Waals surface area contributed by atoms with Crippen molar-refractivity contribution in [1.82, 2.24) is 4.90 Å². The number of imide groups is 1. The van der Waals surface area contributed by atoms with Gasteiger partial charge in [0, 0.05) is 5.56 Å². The third-order valence-electron chi connectivity index (χ3n) is 5.71. The van der Waals surface area contributed by atoms with E-state index in [4.69, 9.17) is 4.74 Å². The minimum Gasteiger partial charge on any atom is -0.445 e. The Morgan fingerprint density at radius 3 is 2.68 bits per heavy atom. The monoisotopic (exact) mass is 347 g/mol. The van der Waals surface area contributed by atoms with Crippen molar-refractivity contribution in [3.05, 3.63) is 35.1 Å². The molecule has 3 rings (SSSR count). The molecule has 4 nitrogen and oxygen atoms in total. The van der Waals surface area contributed by atoms with E-state index in [-0.39, 0.29) is 11.7 Å². The summed E-state index contributed by atoms with van der Waals surface area (Å²) in [5, 5.41) is 0. The molecule has 0 saturated heterocycles. The zero-order valence-corrected chi connectivity index (χ0v) is 15.3. The first kappa shape index (κ1) is 17.9. The molecule has 0 spiro atoms. The van der Waals surface area contributed by atoms with Gasteiger partial charge in [0.2, 0.25) is 0 Å². The molecule has 0 N–H and O–H groups in total. The van der Waals surface area contributed by atoms with Crippen molar-refractivity contribution in [3.8, 4) is 0 Å². The number of fused-ring (bicyclic) bond motifs is 1. The van der Waals surface area contributed by atoms with Crippen LogP contribution in [0.5, 0.6) is 0 Å². The van der Waals surface area contributed by atoms with Crippen molar-refractivity contribution in [2.24, 2.45) is 17.8 Å². The van der Waals surface area contributed by atoms with Crippen LogP contribution in [0.25, 0.3) is 0 Å². The van der Waals surface area contributed by atoms with Crippen molar-refractivity contribution >= 4 is 12.0 Å². The molecule has 136 valence electrons. The zero-order chi connectivity index (χ0) is 18.3. The number of carbonyl (C=O) groups excluding carboxylic acids is 2. The largest absolute Gasteiger partial charge is 0.445 e. The van der Waals surface area contributed by atoms with E-state index in [2.05, 4.69) is 20.8 Å². The minimum atomic E-state index is -0.612. The standard InChI is InChI=1S/C20H26FNO3/c1-11(2)15-7-5-12(3)9-18(15)25-20(24)22-13(4)16-8-6-14(21)10-17(16)19(22)23/h6,8,10-13,15,18H,5,7,9H2,1-4H3/t12?,13-,15?,18?/m1/s1. The van der Waals surface area contributed by atoms with Gasteiger partial charge in [-0.15, -0.1) is 0 Å². The highest BCUT2D eigenvalue weighted by Crippen LogP contribution is 2.38. The average Bonchev–Trinajstić information content (AvgIpc) is 2.78. The number of carbonyl (C=O) groups is 2. The first-order chi connectivity index (χ1) is 11.8. The number of halogens is 1. The maximum Gasteiger partial charge on any atom is 0.417 e. The summed E-state index contributed by atoms with van der Waals surface area (Å²) in [6.45, 7) is 8.22. The molecule has 2 amide bonds. The lowest BCUT2D eigenvalue weighted by atomic mass is 9.75. The van der Waals surface area contributed by atoms with Gasteiger partial charge in [0.1, 0.15) is 11.9 Å². The summed E-state index contributed by atoms with van der Waals surface area (Å²) in [6, 6.07) is 3.64. The van der Waals surface area contributed by atoms with Gasteiger partial charge in [-0.2, -0.15) is 0 Å². The Kier molecular flexibility index (Phi) is 4.85. The molecule has 1 saturated carbocycles. The third-order valence-corrected chi connectivity index (χ3v) is 5.71. The Balaban J connectivity index is 1.78. The topological polar surface area (TPSA) is 46.6 Å². The van der Waals surface area contributed by atoms with E-state index < -0.39 is 23.9 Å². The molecule has 1 fully saturated rings. The maximum atomic E-state index is 13.5. The maximum absolute atomic E-state index is 13.5. The Morgan fingerprint density at radius 2 is 2.00 bits per heavy atom. The second-order valence-corrected chi connectivity index (χ2v) is 7.83. The van der Waals surface area contributed by atoms with Crippen LogP contribution in [0.1, 0.15) is 68.9 Å². The lowest BCUT2D eigenvalue weighted by Crippen LogP contribution is -2.41. The van der Waals surface area contributed by atoms with Crippen molar-refractivity contribution in [3.63, 3.8) is 0 Å². The summed E-state index contributed by atoms with van der Waals surface area (Å²) in [7, 11) is 0. The number of ether oxygens (including phenoxy) is 1. The third kappa shape index (κ3) is 3.29. The Labute approximate surface area is 148 Å². The number of hydrogen-bond acceptors (Lipinski definition) is 3. The minimum absolute atomic E-state index is 0.170. The molecule has 1 aliphatic heterocycles. The highest BCUT2D eigenvalue weighted by atomic mass is 19.1. The van der Waals surface area contributed by atoms with E-state index in [0.717, 1.165) is 24.2 Å². The first-order valence-corrected chi connectivity index (χ1v) is 9.13. The van der Waals surface area contributed by atoms with Gasteiger partial charge in [-0.3, -0.25) is 4.79 Å². The summed E-state index contributed by atoms with van der Waals surface area (Å²) >= 11 is 0. The molecule has 1 aromatic carbocycles. The highest BCUT2D eigenvalue weighted by Gasteiger charge is 2.42. The van der Waals surface area contributed by atoms with Crippen LogP contribution in [0.4, 0.5) is 9.18 Å². The normalized spacial score (nSPS) is 29.0. The second-order valence-electron chi connectivity index (χ2n) is 7.83. The SMILES string of the molecule is CC1CCC(C(C)C)C(OC(=O)N2C(=O)c3cc(F)ccc3[C@H]2C)C1. The van der Waals surface area contributed by atoms with E-state index in [1.807, 2.05) is 0 Å². The predicted molar refractivity (Wildman–Crippen MR) is 92.6 cm³/mol. The van der Waals surface area contributed by atoms with Gasteiger partial charge in [0.15, 0.2) is 0 Å². The Hall–Kier alpha value is -1.91. The zero-order valence-electron chi connectivity index (χ0n) is 15.3. The van der Waals surface area contributed by atoms with Crippen LogP contribution in [-0.2, 0) is 4.74 Å². The summed E-state index contributed by atoms with van der Waals surface area (Å²) < 4.78 is 19.3. The van der Waals surface area contributed by atoms with Gasteiger partial charge < -0.3 is 4.74 Å². The van der Waals surface area contributed by atoms with Crippen molar-refractivity contribution in [1.29, 1.82) is 0 Å². The van der Waals surface area contributed by atoms with Crippen LogP contribution >= 0.6 is 0 Å². The number of amides is 2. The fourth-order valence-corrected chi connectivity index (χ4v) is 4.20. The molecule has 3 unspecified atom stereocenters. The molecule has 0 bridgehead atoms. The fourth-order valence-electron chi connectivity index (χ4n) is 4.20. The number of hydrogen-bond donors (Lipinski definition) is 0. The van der Waals surface area contributed by atoms with E-state index in [1.165, 1.54) is 12.1 Å². The van der Waals surface area contributed by atoms with Crippen molar-refractivity contribution in [2.75, 3.05) is 0 Å². The lowest BCUT2D eigenvalue weighted by Gasteiger charge is -2.37. The number of nitrogens with zero attached hydrogens (tertiary/aromatic N) is 1. The Morgan fingerprint density at radius 1 is 1.28 bits per heavy atom. The van der Waals surface area contributed by atoms with E-state index in [0.29, 0.717) is 23.3 Å². The molecule has 0 aromatic heterocycles. The molecule has 1 heterocycles. The predicted octanol–water partition coefficient (Wildman–Crippen LogP) is 4.94. The van der Waals surface area contributed by atoms with E-state index >= 15 is 0 Å². The smallest absolute Gasteiger partial charge is 0.417 e. The van der Waals surface area contributed by atoms with Gasteiger partial charge in [-0.05, 0) is 55.2 Å². The molecule has 2 aliphatic rings.